The first-order chi connectivity index (χ1) is 12.7. The SMILES string of the molecule is CNc1nnc(S[C@H](C)C(=O)NC(c2ccccc2)c2ccccc2)s1. The second-order valence-corrected chi connectivity index (χ2v) is 8.21. The number of aromatic nitrogens is 2. The molecule has 1 aromatic heterocycles. The fourth-order valence-electron chi connectivity index (χ4n) is 2.47. The van der Waals surface area contributed by atoms with Gasteiger partial charge in [0.15, 0.2) is 4.34 Å². The van der Waals surface area contributed by atoms with Crippen LogP contribution in [-0.2, 0) is 4.79 Å². The van der Waals surface area contributed by atoms with Gasteiger partial charge in [-0.25, -0.2) is 0 Å². The minimum absolute atomic E-state index is 0.0334. The second kappa shape index (κ2) is 8.82. The van der Waals surface area contributed by atoms with E-state index in [2.05, 4.69) is 20.8 Å². The van der Waals surface area contributed by atoms with Gasteiger partial charge in [-0.1, -0.05) is 83.8 Å². The quantitative estimate of drug-likeness (QED) is 0.604. The standard InChI is InChI=1S/C19H20N4OS2/c1-13(25-19-23-22-18(20-2)26-19)17(24)21-16(14-9-5-3-6-10-14)15-11-7-4-8-12-15/h3-13,16H,1-2H3,(H,20,22)(H,21,24)/t13-/m1/s1. The number of nitrogens with one attached hydrogen (secondary N) is 2. The molecule has 0 aliphatic heterocycles. The molecule has 0 aliphatic rings. The highest BCUT2D eigenvalue weighted by Crippen LogP contribution is 2.29. The first-order valence-corrected chi connectivity index (χ1v) is 9.95. The Balaban J connectivity index is 1.74. The monoisotopic (exact) mass is 384 g/mol. The lowest BCUT2D eigenvalue weighted by atomic mass is 9.98. The fourth-order valence-corrected chi connectivity index (χ4v) is 4.33. The predicted octanol–water partition coefficient (Wildman–Crippen LogP) is 3.97. The number of carbonyl (C=O) groups is 1. The van der Waals surface area contributed by atoms with Gasteiger partial charge in [-0.05, 0) is 18.1 Å². The van der Waals surface area contributed by atoms with Crippen molar-refractivity contribution in [1.82, 2.24) is 15.5 Å². The van der Waals surface area contributed by atoms with E-state index in [0.29, 0.717) is 0 Å². The van der Waals surface area contributed by atoms with Gasteiger partial charge in [0, 0.05) is 7.05 Å². The van der Waals surface area contributed by atoms with Crippen LogP contribution in [0.3, 0.4) is 0 Å². The van der Waals surface area contributed by atoms with Crippen LogP contribution in [0.2, 0.25) is 0 Å². The predicted molar refractivity (Wildman–Crippen MR) is 108 cm³/mol. The van der Waals surface area contributed by atoms with Crippen molar-refractivity contribution in [2.75, 3.05) is 12.4 Å². The average molecular weight is 385 g/mol. The number of hydrogen-bond acceptors (Lipinski definition) is 6. The lowest BCUT2D eigenvalue weighted by Gasteiger charge is -2.21. The number of anilines is 1. The Morgan fingerprint density at radius 3 is 2.08 bits per heavy atom. The molecule has 0 unspecified atom stereocenters. The Labute approximate surface area is 161 Å². The zero-order valence-corrected chi connectivity index (χ0v) is 16.2. The summed E-state index contributed by atoms with van der Waals surface area (Å²) in [6, 6.07) is 19.8. The van der Waals surface area contributed by atoms with Gasteiger partial charge in [0.25, 0.3) is 0 Å². The summed E-state index contributed by atoms with van der Waals surface area (Å²) >= 11 is 2.85. The molecule has 3 aromatic rings. The Hall–Kier alpha value is -2.38. The lowest BCUT2D eigenvalue weighted by Crippen LogP contribution is -2.34. The van der Waals surface area contributed by atoms with Gasteiger partial charge >= 0.3 is 0 Å². The molecule has 1 amide bonds. The van der Waals surface area contributed by atoms with Gasteiger partial charge in [-0.2, -0.15) is 0 Å². The van der Waals surface area contributed by atoms with E-state index in [4.69, 9.17) is 0 Å². The maximum Gasteiger partial charge on any atom is 0.234 e. The smallest absolute Gasteiger partial charge is 0.234 e. The van der Waals surface area contributed by atoms with Crippen molar-refractivity contribution in [1.29, 1.82) is 0 Å². The summed E-state index contributed by atoms with van der Waals surface area (Å²) in [5.41, 5.74) is 2.11. The van der Waals surface area contributed by atoms with Crippen LogP contribution in [0.15, 0.2) is 65.0 Å². The molecule has 1 atom stereocenters. The van der Waals surface area contributed by atoms with E-state index in [9.17, 15) is 4.79 Å². The van der Waals surface area contributed by atoms with E-state index >= 15 is 0 Å². The van der Waals surface area contributed by atoms with E-state index in [0.717, 1.165) is 20.6 Å². The molecule has 2 N–H and O–H groups in total. The van der Waals surface area contributed by atoms with Gasteiger partial charge in [-0.15, -0.1) is 10.2 Å². The summed E-state index contributed by atoms with van der Waals surface area (Å²) in [6.07, 6.45) is 0. The second-order valence-electron chi connectivity index (χ2n) is 5.65. The van der Waals surface area contributed by atoms with Gasteiger partial charge in [0.1, 0.15) is 0 Å². The highest BCUT2D eigenvalue weighted by atomic mass is 32.2. The van der Waals surface area contributed by atoms with E-state index in [1.54, 1.807) is 7.05 Å². The van der Waals surface area contributed by atoms with Crippen LogP contribution in [0.25, 0.3) is 0 Å². The van der Waals surface area contributed by atoms with Crippen molar-refractivity contribution < 1.29 is 4.79 Å². The molecule has 26 heavy (non-hydrogen) atoms. The number of thioether (sulfide) groups is 1. The van der Waals surface area contributed by atoms with E-state index < -0.39 is 0 Å². The van der Waals surface area contributed by atoms with Gasteiger partial charge in [-0.3, -0.25) is 4.79 Å². The molecule has 3 rings (SSSR count). The van der Waals surface area contributed by atoms with E-state index in [1.807, 2.05) is 67.6 Å². The third-order valence-corrected chi connectivity index (χ3v) is 5.94. The lowest BCUT2D eigenvalue weighted by molar-refractivity contribution is -0.120. The molecule has 0 saturated carbocycles. The molecular formula is C19H20N4OS2. The maximum atomic E-state index is 12.8. The Bertz CT molecular complexity index is 800. The van der Waals surface area contributed by atoms with Crippen LogP contribution >= 0.6 is 23.1 Å². The molecule has 5 nitrogen and oxygen atoms in total. The van der Waals surface area contributed by atoms with Crippen LogP contribution in [0, 0.1) is 0 Å². The van der Waals surface area contributed by atoms with Crippen LogP contribution in [0.5, 0.6) is 0 Å². The summed E-state index contributed by atoms with van der Waals surface area (Å²) in [5.74, 6) is -0.0334. The normalized spacial score (nSPS) is 12.0. The van der Waals surface area contributed by atoms with Crippen LogP contribution in [-0.4, -0.2) is 28.4 Å². The van der Waals surface area contributed by atoms with Crippen molar-refractivity contribution in [2.45, 2.75) is 22.6 Å². The summed E-state index contributed by atoms with van der Waals surface area (Å²) in [4.78, 5) is 12.8. The molecule has 0 spiro atoms. The molecule has 7 heteroatoms. The fraction of sp³-hybridized carbons (Fsp3) is 0.211. The van der Waals surface area contributed by atoms with Gasteiger partial charge in [0.2, 0.25) is 11.0 Å². The van der Waals surface area contributed by atoms with Crippen LogP contribution < -0.4 is 10.6 Å². The zero-order valence-electron chi connectivity index (χ0n) is 14.5. The molecular weight excluding hydrogens is 364 g/mol. The molecule has 2 aromatic carbocycles. The Morgan fingerprint density at radius 1 is 1.00 bits per heavy atom. The highest BCUT2D eigenvalue weighted by Gasteiger charge is 2.22. The Kier molecular flexibility index (Phi) is 6.25. The number of benzene rings is 2. The van der Waals surface area contributed by atoms with Gasteiger partial charge < -0.3 is 10.6 Å². The van der Waals surface area contributed by atoms with Crippen molar-refractivity contribution >= 4 is 34.1 Å². The summed E-state index contributed by atoms with van der Waals surface area (Å²) in [7, 11) is 1.80. The summed E-state index contributed by atoms with van der Waals surface area (Å²) in [6.45, 7) is 1.88. The number of rotatable bonds is 7. The summed E-state index contributed by atoms with van der Waals surface area (Å²) in [5, 5.41) is 14.7. The third kappa shape index (κ3) is 4.62. The molecule has 134 valence electrons. The van der Waals surface area contributed by atoms with E-state index in [-0.39, 0.29) is 17.2 Å². The molecule has 1 heterocycles. The van der Waals surface area contributed by atoms with Crippen molar-refractivity contribution in [3.63, 3.8) is 0 Å². The van der Waals surface area contributed by atoms with Crippen LogP contribution in [0.4, 0.5) is 5.13 Å². The van der Waals surface area contributed by atoms with Crippen molar-refractivity contribution in [2.24, 2.45) is 0 Å². The Morgan fingerprint density at radius 2 is 1.58 bits per heavy atom. The highest BCUT2D eigenvalue weighted by molar-refractivity contribution is 8.02. The third-order valence-electron chi connectivity index (χ3n) is 3.82. The summed E-state index contributed by atoms with van der Waals surface area (Å²) < 4.78 is 0.771. The zero-order chi connectivity index (χ0) is 18.4. The number of carbonyl (C=O) groups excluding carboxylic acids is 1. The molecule has 0 fully saturated rings. The minimum atomic E-state index is -0.275. The average Bonchev–Trinajstić information content (AvgIpc) is 3.14. The first kappa shape index (κ1) is 18.4. The van der Waals surface area contributed by atoms with Crippen molar-refractivity contribution in [3.05, 3.63) is 71.8 Å². The first-order valence-electron chi connectivity index (χ1n) is 8.25. The number of amides is 1. The molecule has 0 saturated heterocycles. The van der Waals surface area contributed by atoms with E-state index in [1.165, 1.54) is 23.1 Å². The molecule has 0 radical (unpaired) electrons. The molecule has 0 bridgehead atoms. The molecule has 0 aliphatic carbocycles. The topological polar surface area (TPSA) is 66.9 Å². The number of hydrogen-bond donors (Lipinski definition) is 2. The minimum Gasteiger partial charge on any atom is -0.363 e. The van der Waals surface area contributed by atoms with Crippen molar-refractivity contribution in [3.8, 4) is 0 Å². The number of nitrogens with zero attached hydrogens (tertiary/aromatic N) is 2. The van der Waals surface area contributed by atoms with Gasteiger partial charge in [0.05, 0.1) is 11.3 Å². The largest absolute Gasteiger partial charge is 0.363 e. The van der Waals surface area contributed by atoms with Crippen LogP contribution in [0.1, 0.15) is 24.1 Å². The maximum absolute atomic E-state index is 12.8.